The van der Waals surface area contributed by atoms with Gasteiger partial charge in [0.1, 0.15) is 5.82 Å². The summed E-state index contributed by atoms with van der Waals surface area (Å²) in [6.07, 6.45) is 7.49. The second-order valence-electron chi connectivity index (χ2n) is 4.54. The normalized spacial score (nSPS) is 15.2. The van der Waals surface area contributed by atoms with E-state index in [1.807, 2.05) is 0 Å². The summed E-state index contributed by atoms with van der Waals surface area (Å²) >= 11 is 0. The van der Waals surface area contributed by atoms with Gasteiger partial charge in [0, 0.05) is 18.8 Å². The smallest absolute Gasteiger partial charge is 0.220 e. The second kappa shape index (κ2) is 10.1. The highest BCUT2D eigenvalue weighted by Crippen LogP contribution is 2.17. The summed E-state index contributed by atoms with van der Waals surface area (Å²) in [6.45, 7) is 2.69. The van der Waals surface area contributed by atoms with Crippen LogP contribution >= 0.6 is 24.8 Å². The molecular weight excluding hydrogens is 287 g/mol. The van der Waals surface area contributed by atoms with Crippen molar-refractivity contribution < 1.29 is 4.79 Å². The Kier molecular flexibility index (Phi) is 9.65. The number of nitrogens with one attached hydrogen (secondary N) is 3. The van der Waals surface area contributed by atoms with Crippen LogP contribution in [0.1, 0.15) is 31.5 Å². The van der Waals surface area contributed by atoms with Gasteiger partial charge in [0.05, 0.1) is 6.54 Å². The van der Waals surface area contributed by atoms with Crippen molar-refractivity contribution in [1.82, 2.24) is 20.6 Å². The van der Waals surface area contributed by atoms with Gasteiger partial charge in [-0.05, 0) is 38.3 Å². The van der Waals surface area contributed by atoms with Crippen molar-refractivity contribution in [2.24, 2.45) is 5.92 Å². The van der Waals surface area contributed by atoms with Gasteiger partial charge in [-0.15, -0.1) is 24.8 Å². The Morgan fingerprint density at radius 2 is 2.11 bits per heavy atom. The van der Waals surface area contributed by atoms with E-state index in [0.29, 0.717) is 18.9 Å². The lowest BCUT2D eigenvalue weighted by Crippen LogP contribution is -2.29. The number of aromatic nitrogens is 2. The van der Waals surface area contributed by atoms with Crippen LogP contribution in [0.25, 0.3) is 0 Å². The molecule has 0 unspecified atom stereocenters. The Bertz CT molecular complexity index is 340. The predicted octanol–water partition coefficient (Wildman–Crippen LogP) is 1.65. The standard InChI is InChI=1S/C12H20N4O.2ClH/c17-12(16-9-11-14-7-8-15-11)2-1-10-3-5-13-6-4-10;;/h7-8,10,13H,1-6,9H2,(H,14,15)(H,16,17);2*1H. The first kappa shape index (κ1) is 18.2. The van der Waals surface area contributed by atoms with Crippen LogP contribution in [-0.4, -0.2) is 29.0 Å². The molecule has 1 aliphatic rings. The van der Waals surface area contributed by atoms with E-state index in [0.717, 1.165) is 25.3 Å². The zero-order valence-electron chi connectivity index (χ0n) is 10.9. The Hall–Kier alpha value is -0.780. The molecule has 1 fully saturated rings. The number of hydrogen-bond donors (Lipinski definition) is 3. The van der Waals surface area contributed by atoms with E-state index in [2.05, 4.69) is 20.6 Å². The summed E-state index contributed by atoms with van der Waals surface area (Å²) in [5, 5.41) is 6.21. The van der Waals surface area contributed by atoms with E-state index in [-0.39, 0.29) is 30.7 Å². The molecule has 0 radical (unpaired) electrons. The first-order valence-corrected chi connectivity index (χ1v) is 6.30. The summed E-state index contributed by atoms with van der Waals surface area (Å²) in [7, 11) is 0. The van der Waals surface area contributed by atoms with Crippen LogP contribution in [0.3, 0.4) is 0 Å². The molecule has 5 nitrogen and oxygen atoms in total. The van der Waals surface area contributed by atoms with Gasteiger partial charge >= 0.3 is 0 Å². The van der Waals surface area contributed by atoms with Gasteiger partial charge in [0.25, 0.3) is 0 Å². The number of halogens is 2. The molecule has 0 bridgehead atoms. The lowest BCUT2D eigenvalue weighted by molar-refractivity contribution is -0.121. The van der Waals surface area contributed by atoms with Crippen LogP contribution in [0, 0.1) is 5.92 Å². The minimum absolute atomic E-state index is 0. The molecule has 1 aromatic rings. The molecule has 110 valence electrons. The lowest BCUT2D eigenvalue weighted by Gasteiger charge is -2.22. The molecule has 2 heterocycles. The van der Waals surface area contributed by atoms with Gasteiger partial charge in [-0.1, -0.05) is 0 Å². The van der Waals surface area contributed by atoms with Crippen molar-refractivity contribution in [3.63, 3.8) is 0 Å². The average molecular weight is 309 g/mol. The van der Waals surface area contributed by atoms with Crippen molar-refractivity contribution in [3.8, 4) is 0 Å². The van der Waals surface area contributed by atoms with Crippen LogP contribution in [0.15, 0.2) is 12.4 Å². The zero-order valence-corrected chi connectivity index (χ0v) is 12.5. The average Bonchev–Trinajstić information content (AvgIpc) is 2.88. The fraction of sp³-hybridized carbons (Fsp3) is 0.667. The molecule has 1 saturated heterocycles. The van der Waals surface area contributed by atoms with Gasteiger partial charge in [0.2, 0.25) is 5.91 Å². The highest BCUT2D eigenvalue weighted by molar-refractivity contribution is 5.85. The Balaban J connectivity index is 0.00000162. The topological polar surface area (TPSA) is 69.8 Å². The first-order chi connectivity index (χ1) is 8.34. The van der Waals surface area contributed by atoms with Gasteiger partial charge in [-0.25, -0.2) is 4.98 Å². The van der Waals surface area contributed by atoms with Crippen LogP contribution in [-0.2, 0) is 11.3 Å². The van der Waals surface area contributed by atoms with E-state index < -0.39 is 0 Å². The minimum atomic E-state index is 0. The number of aromatic amines is 1. The molecule has 1 aliphatic heterocycles. The van der Waals surface area contributed by atoms with Crippen LogP contribution < -0.4 is 10.6 Å². The summed E-state index contributed by atoms with van der Waals surface area (Å²) in [5.41, 5.74) is 0. The molecule has 0 aromatic carbocycles. The molecule has 0 atom stereocenters. The van der Waals surface area contributed by atoms with Crippen molar-refractivity contribution in [3.05, 3.63) is 18.2 Å². The SMILES string of the molecule is Cl.Cl.O=C(CCC1CCNCC1)NCc1ncc[nH]1. The van der Waals surface area contributed by atoms with Crippen molar-refractivity contribution in [1.29, 1.82) is 0 Å². The number of imidazole rings is 1. The highest BCUT2D eigenvalue weighted by Gasteiger charge is 2.14. The number of rotatable bonds is 5. The van der Waals surface area contributed by atoms with Crippen LogP contribution in [0.4, 0.5) is 0 Å². The van der Waals surface area contributed by atoms with Crippen LogP contribution in [0.2, 0.25) is 0 Å². The molecular formula is C12H22Cl2N4O. The molecule has 0 aliphatic carbocycles. The van der Waals surface area contributed by atoms with E-state index in [1.54, 1.807) is 12.4 Å². The van der Waals surface area contributed by atoms with Gasteiger partial charge in [-0.3, -0.25) is 4.79 Å². The number of piperidine rings is 1. The third-order valence-electron chi connectivity index (χ3n) is 3.25. The van der Waals surface area contributed by atoms with E-state index in [4.69, 9.17) is 0 Å². The van der Waals surface area contributed by atoms with Crippen LogP contribution in [0.5, 0.6) is 0 Å². The number of carbonyl (C=O) groups is 1. The first-order valence-electron chi connectivity index (χ1n) is 6.30. The molecule has 3 N–H and O–H groups in total. The molecule has 19 heavy (non-hydrogen) atoms. The van der Waals surface area contributed by atoms with Gasteiger partial charge < -0.3 is 15.6 Å². The Morgan fingerprint density at radius 3 is 2.74 bits per heavy atom. The summed E-state index contributed by atoms with van der Waals surface area (Å²) in [6, 6.07) is 0. The number of nitrogens with zero attached hydrogens (tertiary/aromatic N) is 1. The Labute approximate surface area is 126 Å². The molecule has 0 saturated carbocycles. The van der Waals surface area contributed by atoms with E-state index in [1.165, 1.54) is 12.8 Å². The third-order valence-corrected chi connectivity index (χ3v) is 3.25. The largest absolute Gasteiger partial charge is 0.349 e. The van der Waals surface area contributed by atoms with Gasteiger partial charge in [-0.2, -0.15) is 0 Å². The molecule has 1 aromatic heterocycles. The summed E-state index contributed by atoms with van der Waals surface area (Å²) in [4.78, 5) is 18.6. The van der Waals surface area contributed by atoms with E-state index in [9.17, 15) is 4.79 Å². The summed E-state index contributed by atoms with van der Waals surface area (Å²) < 4.78 is 0. The third kappa shape index (κ3) is 6.80. The maximum Gasteiger partial charge on any atom is 0.220 e. The number of H-pyrrole nitrogens is 1. The number of amides is 1. The van der Waals surface area contributed by atoms with Crippen molar-refractivity contribution in [2.45, 2.75) is 32.2 Å². The van der Waals surface area contributed by atoms with Crippen molar-refractivity contribution >= 4 is 30.7 Å². The summed E-state index contributed by atoms with van der Waals surface area (Å²) in [5.74, 6) is 1.64. The molecule has 7 heteroatoms. The molecule has 1 amide bonds. The molecule has 2 rings (SSSR count). The monoisotopic (exact) mass is 308 g/mol. The fourth-order valence-corrected chi connectivity index (χ4v) is 2.17. The minimum Gasteiger partial charge on any atom is -0.349 e. The van der Waals surface area contributed by atoms with E-state index >= 15 is 0 Å². The Morgan fingerprint density at radius 1 is 1.37 bits per heavy atom. The van der Waals surface area contributed by atoms with Crippen molar-refractivity contribution in [2.75, 3.05) is 13.1 Å². The number of carbonyl (C=O) groups excluding carboxylic acids is 1. The maximum absolute atomic E-state index is 11.6. The quantitative estimate of drug-likeness (QED) is 0.774. The highest BCUT2D eigenvalue weighted by atomic mass is 35.5. The predicted molar refractivity (Wildman–Crippen MR) is 79.8 cm³/mol. The fourth-order valence-electron chi connectivity index (χ4n) is 2.17. The number of hydrogen-bond acceptors (Lipinski definition) is 3. The maximum atomic E-state index is 11.6. The van der Waals surface area contributed by atoms with Gasteiger partial charge in [0.15, 0.2) is 0 Å². The lowest BCUT2D eigenvalue weighted by atomic mass is 9.93. The second-order valence-corrected chi connectivity index (χ2v) is 4.54. The molecule has 0 spiro atoms. The zero-order chi connectivity index (χ0) is 11.9.